The van der Waals surface area contributed by atoms with Crippen molar-refractivity contribution in [2.45, 2.75) is 31.9 Å². The second kappa shape index (κ2) is 4.58. The highest BCUT2D eigenvalue weighted by Gasteiger charge is 2.29. The molecule has 1 aliphatic carbocycles. The molecule has 0 atom stereocenters. The van der Waals surface area contributed by atoms with Gasteiger partial charge >= 0.3 is 0 Å². The van der Waals surface area contributed by atoms with Crippen LogP contribution in [0.25, 0.3) is 10.2 Å². The van der Waals surface area contributed by atoms with E-state index in [9.17, 15) is 0 Å². The van der Waals surface area contributed by atoms with Crippen LogP contribution in [0.15, 0.2) is 17.8 Å². The Morgan fingerprint density at radius 2 is 2.35 bits per heavy atom. The molecule has 1 aliphatic rings. The van der Waals surface area contributed by atoms with Crippen LogP contribution in [0.5, 0.6) is 0 Å². The molecule has 4 nitrogen and oxygen atoms in total. The lowest BCUT2D eigenvalue weighted by atomic mass is 9.89. The van der Waals surface area contributed by atoms with E-state index in [1.165, 1.54) is 0 Å². The minimum absolute atomic E-state index is 0.428. The Morgan fingerprint density at radius 1 is 1.47 bits per heavy atom. The van der Waals surface area contributed by atoms with E-state index in [4.69, 9.17) is 4.74 Å². The average molecular weight is 249 g/mol. The van der Waals surface area contributed by atoms with Crippen molar-refractivity contribution in [3.63, 3.8) is 0 Å². The maximum absolute atomic E-state index is 5.55. The summed E-state index contributed by atoms with van der Waals surface area (Å²) in [5, 5.41) is 6.64. The summed E-state index contributed by atoms with van der Waals surface area (Å²) in [5.74, 6) is 0.955. The number of hydrogen-bond donors (Lipinski definition) is 1. The Balaban J connectivity index is 1.68. The van der Waals surface area contributed by atoms with Crippen molar-refractivity contribution in [2.75, 3.05) is 11.9 Å². The van der Waals surface area contributed by atoms with Gasteiger partial charge in [-0.15, -0.1) is 11.3 Å². The van der Waals surface area contributed by atoms with Crippen molar-refractivity contribution < 1.29 is 4.74 Å². The van der Waals surface area contributed by atoms with E-state index in [-0.39, 0.29) is 0 Å². The van der Waals surface area contributed by atoms with Gasteiger partial charge in [-0.2, -0.15) is 0 Å². The maximum atomic E-state index is 5.55. The second-order valence-corrected chi connectivity index (χ2v) is 5.15. The van der Waals surface area contributed by atoms with Crippen molar-refractivity contribution in [2.24, 2.45) is 0 Å². The van der Waals surface area contributed by atoms with E-state index >= 15 is 0 Å². The molecule has 1 fully saturated rings. The highest BCUT2D eigenvalue weighted by atomic mass is 32.1. The van der Waals surface area contributed by atoms with Gasteiger partial charge in [-0.05, 0) is 31.2 Å². The molecule has 0 unspecified atom stereocenters. The molecule has 0 radical (unpaired) electrons. The van der Waals surface area contributed by atoms with Crippen LogP contribution in [0, 0.1) is 0 Å². The number of fused-ring (bicyclic) bond motifs is 1. The van der Waals surface area contributed by atoms with Crippen LogP contribution >= 0.6 is 11.3 Å². The fourth-order valence-corrected chi connectivity index (χ4v) is 2.89. The first-order chi connectivity index (χ1) is 8.36. The standard InChI is InChI=1S/C12H15N3OS/c1-2-16-9-5-8(6-9)15-11-10-3-4-17-12(10)14-7-13-11/h3-4,7-9H,2,5-6H2,1H3,(H,13,14,15). The molecule has 5 heteroatoms. The number of thiophene rings is 1. The molecule has 0 spiro atoms. The summed E-state index contributed by atoms with van der Waals surface area (Å²) in [6.45, 7) is 2.85. The molecule has 2 aromatic heterocycles. The Bertz CT molecular complexity index is 507. The number of ether oxygens (including phenoxy) is 1. The third-order valence-electron chi connectivity index (χ3n) is 3.10. The molecule has 0 saturated heterocycles. The van der Waals surface area contributed by atoms with Gasteiger partial charge in [0.05, 0.1) is 11.5 Å². The van der Waals surface area contributed by atoms with Crippen molar-refractivity contribution in [3.8, 4) is 0 Å². The van der Waals surface area contributed by atoms with E-state index < -0.39 is 0 Å². The van der Waals surface area contributed by atoms with E-state index in [1.807, 2.05) is 12.3 Å². The highest BCUT2D eigenvalue weighted by Crippen LogP contribution is 2.29. The van der Waals surface area contributed by atoms with E-state index in [2.05, 4.69) is 21.4 Å². The Hall–Kier alpha value is -1.20. The molecule has 0 amide bonds. The molecule has 1 N–H and O–H groups in total. The lowest BCUT2D eigenvalue weighted by molar-refractivity contribution is 0.00295. The SMILES string of the molecule is CCOC1CC(Nc2ncnc3sccc23)C1. The van der Waals surface area contributed by atoms with Crippen molar-refractivity contribution in [1.29, 1.82) is 0 Å². The van der Waals surface area contributed by atoms with Gasteiger partial charge in [-0.25, -0.2) is 9.97 Å². The largest absolute Gasteiger partial charge is 0.378 e. The Labute approximate surface area is 104 Å². The zero-order valence-electron chi connectivity index (χ0n) is 9.72. The first-order valence-corrected chi connectivity index (χ1v) is 6.81. The monoisotopic (exact) mass is 249 g/mol. The normalized spacial score (nSPS) is 23.6. The summed E-state index contributed by atoms with van der Waals surface area (Å²) in [5.41, 5.74) is 0. The van der Waals surface area contributed by atoms with Crippen molar-refractivity contribution in [1.82, 2.24) is 9.97 Å². The van der Waals surface area contributed by atoms with Gasteiger partial charge in [0.1, 0.15) is 17.0 Å². The smallest absolute Gasteiger partial charge is 0.138 e. The molecule has 1 saturated carbocycles. The number of rotatable bonds is 4. The van der Waals surface area contributed by atoms with Crippen LogP contribution in [0.4, 0.5) is 5.82 Å². The number of anilines is 1. The molecule has 0 aromatic carbocycles. The molecule has 17 heavy (non-hydrogen) atoms. The number of aromatic nitrogens is 2. The zero-order chi connectivity index (χ0) is 11.7. The van der Waals surface area contributed by atoms with Crippen LogP contribution in [-0.4, -0.2) is 28.7 Å². The first-order valence-electron chi connectivity index (χ1n) is 5.93. The van der Waals surface area contributed by atoms with Gasteiger partial charge in [-0.1, -0.05) is 0 Å². The number of nitrogens with one attached hydrogen (secondary N) is 1. The van der Waals surface area contributed by atoms with Crippen LogP contribution in [0.3, 0.4) is 0 Å². The average Bonchev–Trinajstić information content (AvgIpc) is 2.75. The summed E-state index contributed by atoms with van der Waals surface area (Å²) in [6.07, 6.45) is 4.20. The van der Waals surface area contributed by atoms with Gasteiger partial charge < -0.3 is 10.1 Å². The van der Waals surface area contributed by atoms with Gasteiger partial charge in [0.25, 0.3) is 0 Å². The van der Waals surface area contributed by atoms with E-state index in [0.717, 1.165) is 35.5 Å². The van der Waals surface area contributed by atoms with Crippen LogP contribution in [0.1, 0.15) is 19.8 Å². The lowest BCUT2D eigenvalue weighted by Crippen LogP contribution is -2.41. The summed E-state index contributed by atoms with van der Waals surface area (Å²) in [6, 6.07) is 2.56. The van der Waals surface area contributed by atoms with Crippen molar-refractivity contribution in [3.05, 3.63) is 17.8 Å². The zero-order valence-corrected chi connectivity index (χ0v) is 10.5. The third kappa shape index (κ3) is 2.12. The molecule has 0 bridgehead atoms. The van der Waals surface area contributed by atoms with Gasteiger partial charge in [0.2, 0.25) is 0 Å². The van der Waals surface area contributed by atoms with Gasteiger partial charge in [-0.3, -0.25) is 0 Å². The maximum Gasteiger partial charge on any atom is 0.138 e. The second-order valence-electron chi connectivity index (χ2n) is 4.25. The minimum Gasteiger partial charge on any atom is -0.378 e. The van der Waals surface area contributed by atoms with E-state index in [0.29, 0.717) is 12.1 Å². The summed E-state index contributed by atoms with van der Waals surface area (Å²) in [7, 11) is 0. The number of nitrogens with zero attached hydrogens (tertiary/aromatic N) is 2. The Kier molecular flexibility index (Phi) is 2.94. The molecule has 3 rings (SSSR count). The van der Waals surface area contributed by atoms with Crippen LogP contribution in [0.2, 0.25) is 0 Å². The molecule has 2 aromatic rings. The fraction of sp³-hybridized carbons (Fsp3) is 0.500. The molecule has 0 aliphatic heterocycles. The minimum atomic E-state index is 0.428. The molecule has 2 heterocycles. The third-order valence-corrected chi connectivity index (χ3v) is 3.92. The van der Waals surface area contributed by atoms with Gasteiger partial charge in [0.15, 0.2) is 0 Å². The molecular weight excluding hydrogens is 234 g/mol. The quantitative estimate of drug-likeness (QED) is 0.905. The topological polar surface area (TPSA) is 47.0 Å². The molecule has 90 valence electrons. The molecular formula is C12H15N3OS. The lowest BCUT2D eigenvalue weighted by Gasteiger charge is -2.35. The predicted octanol–water partition coefficient (Wildman–Crippen LogP) is 2.67. The fourth-order valence-electron chi connectivity index (χ4n) is 2.15. The first kappa shape index (κ1) is 10.9. The Morgan fingerprint density at radius 3 is 3.18 bits per heavy atom. The van der Waals surface area contributed by atoms with Gasteiger partial charge in [0, 0.05) is 12.6 Å². The summed E-state index contributed by atoms with van der Waals surface area (Å²) >= 11 is 1.65. The van der Waals surface area contributed by atoms with Crippen LogP contribution < -0.4 is 5.32 Å². The summed E-state index contributed by atoms with van der Waals surface area (Å²) in [4.78, 5) is 9.60. The van der Waals surface area contributed by atoms with E-state index in [1.54, 1.807) is 17.7 Å². The van der Waals surface area contributed by atoms with Crippen molar-refractivity contribution >= 4 is 27.4 Å². The van der Waals surface area contributed by atoms with Crippen LogP contribution in [-0.2, 0) is 4.74 Å². The predicted molar refractivity (Wildman–Crippen MR) is 69.5 cm³/mol. The highest BCUT2D eigenvalue weighted by molar-refractivity contribution is 7.16. The summed E-state index contributed by atoms with van der Waals surface area (Å²) < 4.78 is 5.55. The number of hydrogen-bond acceptors (Lipinski definition) is 5.